The van der Waals surface area contributed by atoms with Crippen LogP contribution in [-0.2, 0) is 23.4 Å². The molecule has 0 spiro atoms. The molecule has 2 unspecified atom stereocenters. The third kappa shape index (κ3) is 6.71. The molecule has 1 aromatic heterocycles. The lowest BCUT2D eigenvalue weighted by Crippen LogP contribution is -2.48. The van der Waals surface area contributed by atoms with E-state index in [1.54, 1.807) is 24.9 Å². The van der Waals surface area contributed by atoms with Crippen molar-refractivity contribution in [2.24, 2.45) is 5.11 Å². The number of aliphatic hydroxyl groups excluding tert-OH is 1. The molecule has 0 amide bonds. The fourth-order valence-electron chi connectivity index (χ4n) is 3.43. The Balaban J connectivity index is 1.95. The zero-order valence-corrected chi connectivity index (χ0v) is 21.7. The molecule has 5 atom stereocenters. The van der Waals surface area contributed by atoms with Gasteiger partial charge in [-0.1, -0.05) is 23.3 Å². The second-order valence-electron chi connectivity index (χ2n) is 8.61. The number of rotatable bonds is 11. The van der Waals surface area contributed by atoms with Crippen LogP contribution in [0.2, 0.25) is 0 Å². The number of nitrogens with one attached hydrogen (secondary N) is 2. The van der Waals surface area contributed by atoms with Crippen molar-refractivity contribution in [1.82, 2.24) is 14.6 Å². The van der Waals surface area contributed by atoms with Crippen LogP contribution < -0.4 is 20.9 Å². The van der Waals surface area contributed by atoms with Crippen LogP contribution in [0.3, 0.4) is 0 Å². The minimum absolute atomic E-state index is 0.0218. The number of nitrogens with zero attached hydrogens (tertiary/aromatic N) is 4. The van der Waals surface area contributed by atoms with Crippen molar-refractivity contribution in [3.8, 4) is 5.75 Å². The highest BCUT2D eigenvalue weighted by Gasteiger charge is 2.67. The van der Waals surface area contributed by atoms with Crippen molar-refractivity contribution in [3.63, 3.8) is 0 Å². The average molecular weight is 574 g/mol. The number of benzene rings is 1. The number of halogens is 2. The minimum Gasteiger partial charge on any atom is -0.462 e. The molecule has 0 radical (unpaired) electrons. The lowest BCUT2D eigenvalue weighted by molar-refractivity contribution is -0.149. The Morgan fingerprint density at radius 2 is 1.97 bits per heavy atom. The summed E-state index contributed by atoms with van der Waals surface area (Å²) in [6.45, 7) is 3.12. The Morgan fingerprint density at radius 3 is 2.56 bits per heavy atom. The average Bonchev–Trinajstić information content (AvgIpc) is 3.04. The quantitative estimate of drug-likeness (QED) is 0.117. The lowest BCUT2D eigenvalue weighted by Gasteiger charge is -2.29. The number of H-pyrrole nitrogens is 1. The third-order valence-corrected chi connectivity index (χ3v) is 6.85. The van der Waals surface area contributed by atoms with Gasteiger partial charge < -0.3 is 19.1 Å². The molecule has 39 heavy (non-hydrogen) atoms. The molecule has 0 bridgehead atoms. The number of hydrogen-bond donors (Lipinski definition) is 3. The molecular formula is C21H25F2N6O9P. The van der Waals surface area contributed by atoms with Crippen LogP contribution >= 0.6 is 7.75 Å². The van der Waals surface area contributed by atoms with E-state index in [0.717, 1.165) is 6.07 Å². The van der Waals surface area contributed by atoms with Crippen LogP contribution in [0.1, 0.15) is 27.0 Å². The van der Waals surface area contributed by atoms with E-state index in [1.807, 2.05) is 0 Å². The first-order valence-corrected chi connectivity index (χ1v) is 12.9. The van der Waals surface area contributed by atoms with Crippen molar-refractivity contribution in [2.75, 3.05) is 6.61 Å². The number of esters is 1. The normalized spacial score (nSPS) is 24.4. The van der Waals surface area contributed by atoms with E-state index in [9.17, 15) is 24.1 Å². The van der Waals surface area contributed by atoms with Crippen LogP contribution in [0, 0.1) is 0 Å². The van der Waals surface area contributed by atoms with Crippen molar-refractivity contribution in [3.05, 3.63) is 73.9 Å². The molecule has 15 nitrogen and oxygen atoms in total. The van der Waals surface area contributed by atoms with Gasteiger partial charge in [-0.05, 0) is 38.4 Å². The van der Waals surface area contributed by atoms with Gasteiger partial charge in [0, 0.05) is 17.2 Å². The van der Waals surface area contributed by atoms with Gasteiger partial charge in [0.2, 0.25) is 12.0 Å². The second-order valence-corrected chi connectivity index (χ2v) is 10.3. The van der Waals surface area contributed by atoms with E-state index in [4.69, 9.17) is 24.1 Å². The third-order valence-electron chi connectivity index (χ3n) is 5.22. The van der Waals surface area contributed by atoms with Crippen LogP contribution in [0.15, 0.2) is 57.3 Å². The van der Waals surface area contributed by atoms with Gasteiger partial charge in [-0.15, -0.1) is 0 Å². The summed E-state index contributed by atoms with van der Waals surface area (Å²) in [6.07, 6.45) is -5.35. The maximum absolute atomic E-state index is 15.1. The summed E-state index contributed by atoms with van der Waals surface area (Å²) in [5.41, 5.74) is 3.92. The first kappa shape index (κ1) is 30.0. The lowest BCUT2D eigenvalue weighted by atomic mass is 10.1. The Hall–Kier alpha value is -3.59. The van der Waals surface area contributed by atoms with Crippen molar-refractivity contribution < 1.29 is 41.8 Å². The van der Waals surface area contributed by atoms with Gasteiger partial charge in [-0.3, -0.25) is 23.7 Å². The summed E-state index contributed by atoms with van der Waals surface area (Å²) >= 11 is 0. The summed E-state index contributed by atoms with van der Waals surface area (Å²) in [6, 6.07) is 6.87. The van der Waals surface area contributed by atoms with Crippen LogP contribution in [-0.4, -0.2) is 57.1 Å². The van der Waals surface area contributed by atoms with Crippen LogP contribution in [0.4, 0.5) is 8.78 Å². The molecule has 1 saturated heterocycles. The number of alkyl halides is 2. The highest BCUT2D eigenvalue weighted by atomic mass is 31.2. The molecule has 212 valence electrons. The summed E-state index contributed by atoms with van der Waals surface area (Å²) in [5.74, 6) is -5.16. The van der Waals surface area contributed by atoms with Gasteiger partial charge in [0.05, 0.1) is 12.7 Å². The fraction of sp³-hybridized carbons (Fsp3) is 0.476. The molecule has 18 heteroatoms. The van der Waals surface area contributed by atoms with Crippen molar-refractivity contribution >= 4 is 13.7 Å². The first-order chi connectivity index (χ1) is 18.2. The topological polar surface area (TPSA) is 207 Å². The van der Waals surface area contributed by atoms with E-state index in [-0.39, 0.29) is 10.3 Å². The van der Waals surface area contributed by atoms with Gasteiger partial charge in [0.1, 0.15) is 11.8 Å². The Bertz CT molecular complexity index is 1400. The zero-order chi connectivity index (χ0) is 29.0. The predicted octanol–water partition coefficient (Wildman–Crippen LogP) is 2.20. The second kappa shape index (κ2) is 11.7. The molecule has 1 aromatic carbocycles. The summed E-state index contributed by atoms with van der Waals surface area (Å²) in [5, 5.41) is 15.9. The Kier molecular flexibility index (Phi) is 8.95. The number of ether oxygens (including phenoxy) is 2. The number of aromatic nitrogens is 2. The van der Waals surface area contributed by atoms with E-state index in [2.05, 4.69) is 15.1 Å². The van der Waals surface area contributed by atoms with Crippen molar-refractivity contribution in [2.45, 2.75) is 56.9 Å². The van der Waals surface area contributed by atoms with Gasteiger partial charge in [-0.2, -0.15) is 13.9 Å². The van der Waals surface area contributed by atoms with Gasteiger partial charge in [-0.25, -0.2) is 9.36 Å². The number of carbonyl (C=O) groups excluding carboxylic acids is 1. The predicted molar refractivity (Wildman–Crippen MR) is 129 cm³/mol. The van der Waals surface area contributed by atoms with Crippen LogP contribution in [0.5, 0.6) is 5.75 Å². The van der Waals surface area contributed by atoms with Crippen LogP contribution in [0.25, 0.3) is 10.4 Å². The maximum atomic E-state index is 15.1. The zero-order valence-electron chi connectivity index (χ0n) is 20.8. The van der Waals surface area contributed by atoms with E-state index >= 15 is 8.78 Å². The minimum atomic E-state index is -4.68. The molecule has 2 aromatic rings. The smallest absolute Gasteiger partial charge is 0.459 e. The number of para-hydroxylation sites is 1. The number of carbonyl (C=O) groups is 1. The van der Waals surface area contributed by atoms with Crippen molar-refractivity contribution in [1.29, 1.82) is 0 Å². The standard InChI is InChI=1S/C21H25F2N6O9P/c1-12(2)36-16(31)13(3)26-39(34,38-14-7-5-4-6-8-14)35-11-20(27-28-24)17(32)21(22,23)18(37-20)29-10-9-15(30)25-19(29)33/h4-10,12-13,17-18,32H,11H2,1-3H3,(H,26,34)(H,25,30,33)/t13?,17-,18-,20-,39?/m1/s1. The molecule has 3 N–H and O–H groups in total. The largest absolute Gasteiger partial charge is 0.462 e. The molecular weight excluding hydrogens is 549 g/mol. The molecule has 0 aliphatic carbocycles. The monoisotopic (exact) mass is 574 g/mol. The summed E-state index contributed by atoms with van der Waals surface area (Å²) < 4.78 is 65.2. The fourth-order valence-corrected chi connectivity index (χ4v) is 4.95. The molecule has 0 saturated carbocycles. The highest BCUT2D eigenvalue weighted by molar-refractivity contribution is 7.52. The van der Waals surface area contributed by atoms with E-state index in [1.165, 1.54) is 31.2 Å². The highest BCUT2D eigenvalue weighted by Crippen LogP contribution is 2.52. The maximum Gasteiger partial charge on any atom is 0.459 e. The molecule has 2 heterocycles. The van der Waals surface area contributed by atoms with Gasteiger partial charge >= 0.3 is 25.3 Å². The Morgan fingerprint density at radius 1 is 1.31 bits per heavy atom. The molecule has 1 aliphatic heterocycles. The molecule has 1 fully saturated rings. The molecule has 3 rings (SSSR count). The Labute approximate surface area is 218 Å². The first-order valence-electron chi connectivity index (χ1n) is 11.3. The number of azide groups is 1. The summed E-state index contributed by atoms with van der Waals surface area (Å²) in [4.78, 5) is 40.0. The van der Waals surface area contributed by atoms with E-state index in [0.29, 0.717) is 6.20 Å². The number of hydrogen-bond acceptors (Lipinski definition) is 10. The number of aromatic amines is 1. The summed E-state index contributed by atoms with van der Waals surface area (Å²) in [7, 11) is -4.68. The SMILES string of the molecule is CC(C)OC(=O)C(C)NP(=O)(OC[C@@]1(N=[N+]=[N-])O[C@@H](n2ccc(=O)[nH]c2=O)C(F)(F)[C@@H]1O)Oc1ccccc1. The molecule has 1 aliphatic rings. The van der Waals surface area contributed by atoms with Gasteiger partial charge in [0.15, 0.2) is 6.10 Å². The number of aliphatic hydroxyl groups is 1. The van der Waals surface area contributed by atoms with Gasteiger partial charge in [0.25, 0.3) is 5.56 Å². The van der Waals surface area contributed by atoms with E-state index < -0.39 is 67.7 Å².